The minimum Gasteiger partial charge on any atom is -0.330 e. The third kappa shape index (κ3) is 5.15. The van der Waals surface area contributed by atoms with Gasteiger partial charge in [0.2, 0.25) is 10.0 Å². The maximum Gasteiger partial charge on any atom is 0.242 e. The molecule has 166 valence electrons. The van der Waals surface area contributed by atoms with Crippen molar-refractivity contribution in [3.63, 3.8) is 0 Å². The van der Waals surface area contributed by atoms with E-state index in [0.29, 0.717) is 18.5 Å². The molecule has 0 aliphatic heterocycles. The molecule has 0 aliphatic carbocycles. The fourth-order valence-corrected chi connectivity index (χ4v) is 5.66. The van der Waals surface area contributed by atoms with Crippen molar-refractivity contribution < 1.29 is 8.42 Å². The Balaban J connectivity index is 1.42. The summed E-state index contributed by atoms with van der Waals surface area (Å²) in [4.78, 5) is 11.1. The molecule has 0 unspecified atom stereocenters. The first-order valence-corrected chi connectivity index (χ1v) is 12.7. The van der Waals surface area contributed by atoms with E-state index < -0.39 is 10.0 Å². The van der Waals surface area contributed by atoms with Crippen molar-refractivity contribution in [2.45, 2.75) is 38.6 Å². The highest BCUT2D eigenvalue weighted by molar-refractivity contribution is 7.89. The molecule has 3 heterocycles. The van der Waals surface area contributed by atoms with Crippen molar-refractivity contribution in [1.82, 2.24) is 19.3 Å². The molecule has 0 bridgehead atoms. The number of hydrogen-bond acceptors (Lipinski definition) is 5. The molecule has 1 N–H and O–H groups in total. The highest BCUT2D eigenvalue weighted by atomic mass is 32.2. The standard InChI is InChI=1S/C24H26N4O2S2/c1-17-5-4-6-20(11-17)15-28-16-25-13-21(28)9-10-27-32(29,30)24-14-26-22(12-18(24)2)23-8-7-19(3)31-23/h4-8,11-14,16,27H,9-10,15H2,1-3H3. The summed E-state index contributed by atoms with van der Waals surface area (Å²) < 4.78 is 30.5. The van der Waals surface area contributed by atoms with Gasteiger partial charge in [-0.1, -0.05) is 29.8 Å². The number of imidazole rings is 1. The van der Waals surface area contributed by atoms with Crippen LogP contribution < -0.4 is 4.72 Å². The zero-order valence-electron chi connectivity index (χ0n) is 18.4. The number of benzene rings is 1. The van der Waals surface area contributed by atoms with E-state index in [1.807, 2.05) is 35.8 Å². The average Bonchev–Trinajstić information content (AvgIpc) is 3.36. The lowest BCUT2D eigenvalue weighted by molar-refractivity contribution is 0.579. The van der Waals surface area contributed by atoms with Crippen LogP contribution in [0.3, 0.4) is 0 Å². The molecule has 0 radical (unpaired) electrons. The highest BCUT2D eigenvalue weighted by Crippen LogP contribution is 2.28. The first-order valence-electron chi connectivity index (χ1n) is 10.4. The fraction of sp³-hybridized carbons (Fsp3) is 0.250. The summed E-state index contributed by atoms with van der Waals surface area (Å²) in [5.41, 5.74) is 4.85. The number of pyridine rings is 1. The van der Waals surface area contributed by atoms with Crippen molar-refractivity contribution in [1.29, 1.82) is 0 Å². The second-order valence-electron chi connectivity index (χ2n) is 7.90. The Morgan fingerprint density at radius 2 is 1.91 bits per heavy atom. The van der Waals surface area contributed by atoms with Crippen molar-refractivity contribution in [2.75, 3.05) is 6.54 Å². The van der Waals surface area contributed by atoms with Gasteiger partial charge in [0.15, 0.2) is 0 Å². The summed E-state index contributed by atoms with van der Waals surface area (Å²) in [6.07, 6.45) is 5.56. The van der Waals surface area contributed by atoms with Crippen LogP contribution in [0.4, 0.5) is 0 Å². The first-order chi connectivity index (χ1) is 15.3. The maximum absolute atomic E-state index is 12.9. The number of hydrogen-bond donors (Lipinski definition) is 1. The number of nitrogens with zero attached hydrogens (tertiary/aromatic N) is 3. The van der Waals surface area contributed by atoms with Crippen LogP contribution in [-0.4, -0.2) is 29.5 Å². The normalized spacial score (nSPS) is 11.7. The first kappa shape index (κ1) is 22.4. The Kier molecular flexibility index (Phi) is 6.55. The molecule has 0 amide bonds. The molecule has 0 saturated heterocycles. The smallest absolute Gasteiger partial charge is 0.242 e. The van der Waals surface area contributed by atoms with Gasteiger partial charge in [0, 0.05) is 42.5 Å². The zero-order valence-corrected chi connectivity index (χ0v) is 20.0. The van der Waals surface area contributed by atoms with Crippen LogP contribution in [0.2, 0.25) is 0 Å². The van der Waals surface area contributed by atoms with Gasteiger partial charge < -0.3 is 4.57 Å². The monoisotopic (exact) mass is 466 g/mol. The molecule has 0 fully saturated rings. The quantitative estimate of drug-likeness (QED) is 0.415. The average molecular weight is 467 g/mol. The topological polar surface area (TPSA) is 76.9 Å². The van der Waals surface area contributed by atoms with Crippen LogP contribution in [0, 0.1) is 20.8 Å². The molecule has 0 aliphatic rings. The molecule has 4 rings (SSSR count). The van der Waals surface area contributed by atoms with Crippen LogP contribution in [0.5, 0.6) is 0 Å². The molecule has 0 atom stereocenters. The Hall–Kier alpha value is -2.81. The van der Waals surface area contributed by atoms with E-state index in [1.165, 1.54) is 22.2 Å². The van der Waals surface area contributed by atoms with Crippen LogP contribution >= 0.6 is 11.3 Å². The van der Waals surface area contributed by atoms with Crippen LogP contribution in [0.1, 0.15) is 27.3 Å². The van der Waals surface area contributed by atoms with Crippen LogP contribution in [0.15, 0.2) is 66.1 Å². The van der Waals surface area contributed by atoms with Crippen molar-refractivity contribution in [2.24, 2.45) is 0 Å². The second kappa shape index (κ2) is 9.36. The third-order valence-corrected chi connectivity index (χ3v) is 7.87. The Labute approximate surface area is 193 Å². The SMILES string of the molecule is Cc1cccc(Cn2cncc2CCNS(=O)(=O)c2cnc(-c3ccc(C)s3)cc2C)c1. The van der Waals surface area contributed by atoms with E-state index >= 15 is 0 Å². The highest BCUT2D eigenvalue weighted by Gasteiger charge is 2.18. The van der Waals surface area contributed by atoms with E-state index in [1.54, 1.807) is 30.8 Å². The van der Waals surface area contributed by atoms with Crippen LogP contribution in [0.25, 0.3) is 10.6 Å². The molecule has 4 aromatic rings. The van der Waals surface area contributed by atoms with Gasteiger partial charge in [-0.3, -0.25) is 4.98 Å². The zero-order chi connectivity index (χ0) is 22.7. The fourth-order valence-electron chi connectivity index (χ4n) is 3.63. The van der Waals surface area contributed by atoms with E-state index in [4.69, 9.17) is 0 Å². The Morgan fingerprint density at radius 1 is 1.06 bits per heavy atom. The lowest BCUT2D eigenvalue weighted by Crippen LogP contribution is -2.27. The molecule has 0 saturated carbocycles. The van der Waals surface area contributed by atoms with E-state index in [2.05, 4.69) is 39.8 Å². The summed E-state index contributed by atoms with van der Waals surface area (Å²) in [6.45, 7) is 6.90. The minimum atomic E-state index is -3.65. The molecule has 6 nitrogen and oxygen atoms in total. The van der Waals surface area contributed by atoms with Crippen molar-refractivity contribution >= 4 is 21.4 Å². The molecular weight excluding hydrogens is 440 g/mol. The summed E-state index contributed by atoms with van der Waals surface area (Å²) in [7, 11) is -3.65. The van der Waals surface area contributed by atoms with Crippen LogP contribution in [-0.2, 0) is 23.0 Å². The minimum absolute atomic E-state index is 0.211. The number of thiophene rings is 1. The van der Waals surface area contributed by atoms with E-state index in [9.17, 15) is 8.42 Å². The number of aromatic nitrogens is 3. The number of rotatable bonds is 8. The van der Waals surface area contributed by atoms with Gasteiger partial charge in [-0.05, 0) is 50.1 Å². The molecule has 32 heavy (non-hydrogen) atoms. The molecule has 8 heteroatoms. The summed E-state index contributed by atoms with van der Waals surface area (Å²) in [6, 6.07) is 14.2. The lowest BCUT2D eigenvalue weighted by atomic mass is 10.1. The van der Waals surface area contributed by atoms with Gasteiger partial charge >= 0.3 is 0 Å². The van der Waals surface area contributed by atoms with Gasteiger partial charge in [-0.2, -0.15) is 0 Å². The third-order valence-electron chi connectivity index (χ3n) is 5.25. The van der Waals surface area contributed by atoms with Gasteiger partial charge in [0.25, 0.3) is 0 Å². The molecular formula is C24H26N4O2S2. The van der Waals surface area contributed by atoms with E-state index in [0.717, 1.165) is 16.3 Å². The number of nitrogens with one attached hydrogen (secondary N) is 1. The van der Waals surface area contributed by atoms with E-state index in [-0.39, 0.29) is 11.4 Å². The van der Waals surface area contributed by atoms with Gasteiger partial charge in [-0.15, -0.1) is 11.3 Å². The summed E-state index contributed by atoms with van der Waals surface area (Å²) in [5.74, 6) is 0. The lowest BCUT2D eigenvalue weighted by Gasteiger charge is -2.11. The predicted octanol–water partition coefficient (Wildman–Crippen LogP) is 4.50. The van der Waals surface area contributed by atoms with Gasteiger partial charge in [0.05, 0.1) is 16.9 Å². The van der Waals surface area contributed by atoms with Gasteiger partial charge in [-0.25, -0.2) is 18.1 Å². The van der Waals surface area contributed by atoms with Crippen molar-refractivity contribution in [3.8, 4) is 10.6 Å². The second-order valence-corrected chi connectivity index (χ2v) is 10.9. The van der Waals surface area contributed by atoms with Crippen molar-refractivity contribution in [3.05, 3.63) is 88.4 Å². The number of sulfonamides is 1. The number of aryl methyl sites for hydroxylation is 3. The Morgan fingerprint density at radius 3 is 2.62 bits per heavy atom. The molecule has 3 aromatic heterocycles. The van der Waals surface area contributed by atoms with Gasteiger partial charge in [0.1, 0.15) is 4.90 Å². The predicted molar refractivity (Wildman–Crippen MR) is 128 cm³/mol. The molecule has 0 spiro atoms. The maximum atomic E-state index is 12.9. The Bertz CT molecular complexity index is 1340. The summed E-state index contributed by atoms with van der Waals surface area (Å²) in [5, 5.41) is 0. The molecule has 1 aromatic carbocycles. The summed E-state index contributed by atoms with van der Waals surface area (Å²) >= 11 is 1.64. The largest absolute Gasteiger partial charge is 0.330 e.